The summed E-state index contributed by atoms with van der Waals surface area (Å²) in [5, 5.41) is 26.8. The van der Waals surface area contributed by atoms with Crippen LogP contribution in [0.4, 0.5) is 30.2 Å². The molecule has 0 aliphatic carbocycles. The molecule has 150 valence electrons. The molecule has 10 nitrogen and oxygen atoms in total. The number of nitrogens with one attached hydrogen (secondary N) is 1. The highest BCUT2D eigenvalue weighted by Gasteiger charge is 2.38. The zero-order valence-corrected chi connectivity index (χ0v) is 15.0. The number of carbonyl (C=O) groups excluding carboxylic acids is 1. The summed E-state index contributed by atoms with van der Waals surface area (Å²) in [6.07, 6.45) is -4.82. The number of rotatable bonds is 5. The number of nitrogens with zero attached hydrogens (tertiary/aromatic N) is 4. The van der Waals surface area contributed by atoms with Crippen molar-refractivity contribution in [2.24, 2.45) is 0 Å². The monoisotopic (exact) mass is 421 g/mol. The van der Waals surface area contributed by atoms with Crippen molar-refractivity contribution < 1.29 is 27.8 Å². The number of nitro benzene ring substituents is 2. The lowest BCUT2D eigenvalue weighted by atomic mass is 10.1. The Kier molecular flexibility index (Phi) is 5.59. The van der Waals surface area contributed by atoms with Gasteiger partial charge < -0.3 is 5.32 Å². The minimum Gasteiger partial charge on any atom is -0.324 e. The predicted octanol–water partition coefficient (Wildman–Crippen LogP) is 3.63. The van der Waals surface area contributed by atoms with E-state index < -0.39 is 50.6 Å². The number of anilines is 1. The summed E-state index contributed by atoms with van der Waals surface area (Å²) < 4.78 is 39.2. The number of amides is 1. The van der Waals surface area contributed by atoms with Gasteiger partial charge in [-0.2, -0.15) is 18.3 Å². The highest BCUT2D eigenvalue weighted by molar-refractivity contribution is 6.32. The summed E-state index contributed by atoms with van der Waals surface area (Å²) in [6, 6.07) is 1.81. The molecule has 0 aliphatic rings. The third-order valence-corrected chi connectivity index (χ3v) is 4.18. The number of carbonyl (C=O) groups is 1. The highest BCUT2D eigenvalue weighted by Crippen LogP contribution is 2.35. The van der Waals surface area contributed by atoms with Crippen molar-refractivity contribution in [1.82, 2.24) is 9.78 Å². The van der Waals surface area contributed by atoms with E-state index in [0.717, 1.165) is 12.1 Å². The smallest absolute Gasteiger partial charge is 0.324 e. The van der Waals surface area contributed by atoms with Gasteiger partial charge in [0, 0.05) is 12.1 Å². The van der Waals surface area contributed by atoms with E-state index in [4.69, 9.17) is 11.6 Å². The average Bonchev–Trinajstić information content (AvgIpc) is 2.84. The predicted molar refractivity (Wildman–Crippen MR) is 90.1 cm³/mol. The second-order valence-corrected chi connectivity index (χ2v) is 5.98. The molecule has 2 aromatic rings. The quantitative estimate of drug-likeness (QED) is 0.578. The molecule has 0 bridgehead atoms. The first-order valence-electron chi connectivity index (χ1n) is 7.36. The number of alkyl halides is 3. The standard InChI is InChI=1S/C14H11ClF3N5O5/c1-6-9(22(25)26)3-8(4-10(6)23(27)28)19-11(24)5-21-7(2)12(15)13(20-21)14(16,17)18/h3-4H,5H2,1-2H3,(H,19,24). The molecule has 1 N–H and O–H groups in total. The number of hydrogen-bond donors (Lipinski definition) is 1. The minimum absolute atomic E-state index is 0.120. The van der Waals surface area contributed by atoms with Gasteiger partial charge >= 0.3 is 6.18 Å². The molecule has 14 heteroatoms. The zero-order chi connectivity index (χ0) is 21.4. The molecule has 1 heterocycles. The van der Waals surface area contributed by atoms with Crippen molar-refractivity contribution in [2.75, 3.05) is 5.32 Å². The normalized spacial score (nSPS) is 11.4. The maximum Gasteiger partial charge on any atom is 0.436 e. The van der Waals surface area contributed by atoms with E-state index in [1.54, 1.807) is 0 Å². The Morgan fingerprint density at radius 1 is 1.21 bits per heavy atom. The van der Waals surface area contributed by atoms with Gasteiger partial charge in [0.2, 0.25) is 5.91 Å². The van der Waals surface area contributed by atoms with Crippen molar-refractivity contribution in [3.8, 4) is 0 Å². The zero-order valence-electron chi connectivity index (χ0n) is 14.2. The molecular formula is C14H11ClF3N5O5. The van der Waals surface area contributed by atoms with E-state index in [1.807, 2.05) is 0 Å². The Labute approximate surface area is 159 Å². The molecule has 0 atom stereocenters. The van der Waals surface area contributed by atoms with Gasteiger partial charge in [-0.05, 0) is 13.8 Å². The number of halogens is 4. The fourth-order valence-electron chi connectivity index (χ4n) is 2.33. The fraction of sp³-hybridized carbons (Fsp3) is 0.286. The van der Waals surface area contributed by atoms with E-state index in [1.165, 1.54) is 13.8 Å². The van der Waals surface area contributed by atoms with Crippen LogP contribution in [0.2, 0.25) is 5.02 Å². The molecule has 0 radical (unpaired) electrons. The SMILES string of the molecule is Cc1c([N+](=O)[O-])cc(NC(=O)Cn2nc(C(F)(F)F)c(Cl)c2C)cc1[N+](=O)[O-]. The van der Waals surface area contributed by atoms with E-state index in [-0.39, 0.29) is 16.9 Å². The first kappa shape index (κ1) is 21.1. The molecule has 1 aromatic heterocycles. The van der Waals surface area contributed by atoms with Crippen LogP contribution in [0.25, 0.3) is 0 Å². The van der Waals surface area contributed by atoms with Gasteiger partial charge in [-0.15, -0.1) is 0 Å². The Morgan fingerprint density at radius 3 is 2.11 bits per heavy atom. The van der Waals surface area contributed by atoms with E-state index in [2.05, 4.69) is 10.4 Å². The van der Waals surface area contributed by atoms with E-state index in [9.17, 15) is 38.2 Å². The van der Waals surface area contributed by atoms with Crippen LogP contribution in [-0.4, -0.2) is 25.5 Å². The molecule has 0 aliphatic heterocycles. The Balaban J connectivity index is 2.32. The largest absolute Gasteiger partial charge is 0.436 e. The summed E-state index contributed by atoms with van der Waals surface area (Å²) in [4.78, 5) is 32.5. The minimum atomic E-state index is -4.82. The van der Waals surface area contributed by atoms with Crippen molar-refractivity contribution in [3.05, 3.63) is 54.3 Å². The topological polar surface area (TPSA) is 133 Å². The van der Waals surface area contributed by atoms with Crippen LogP contribution in [0.3, 0.4) is 0 Å². The summed E-state index contributed by atoms with van der Waals surface area (Å²) in [5.41, 5.74) is -3.14. The number of benzene rings is 1. The molecule has 0 fully saturated rings. The second-order valence-electron chi connectivity index (χ2n) is 5.61. The molecule has 0 saturated heterocycles. The first-order chi connectivity index (χ1) is 12.8. The maximum absolute atomic E-state index is 12.8. The van der Waals surface area contributed by atoms with Crippen molar-refractivity contribution in [3.63, 3.8) is 0 Å². The van der Waals surface area contributed by atoms with Gasteiger partial charge in [-0.25, -0.2) is 0 Å². The molecule has 2 rings (SSSR count). The Morgan fingerprint density at radius 2 is 1.71 bits per heavy atom. The Bertz CT molecular complexity index is 953. The molecule has 0 saturated carbocycles. The Hall–Kier alpha value is -3.22. The number of nitro groups is 2. The van der Waals surface area contributed by atoms with Crippen molar-refractivity contribution in [1.29, 1.82) is 0 Å². The van der Waals surface area contributed by atoms with E-state index in [0.29, 0.717) is 4.68 Å². The van der Waals surface area contributed by atoms with Gasteiger partial charge in [0.25, 0.3) is 11.4 Å². The fourth-order valence-corrected chi connectivity index (χ4v) is 2.57. The lowest BCUT2D eigenvalue weighted by molar-refractivity contribution is -0.395. The maximum atomic E-state index is 12.8. The van der Waals surface area contributed by atoms with E-state index >= 15 is 0 Å². The summed E-state index contributed by atoms with van der Waals surface area (Å²) in [5.74, 6) is -0.913. The molecular weight excluding hydrogens is 411 g/mol. The van der Waals surface area contributed by atoms with Crippen LogP contribution in [0.5, 0.6) is 0 Å². The molecule has 1 aromatic carbocycles. The first-order valence-corrected chi connectivity index (χ1v) is 7.74. The van der Waals surface area contributed by atoms with Crippen LogP contribution in [0.1, 0.15) is 17.0 Å². The molecule has 0 spiro atoms. The van der Waals surface area contributed by atoms with Crippen LogP contribution in [0, 0.1) is 34.1 Å². The summed E-state index contributed by atoms with van der Waals surface area (Å²) in [6.45, 7) is 1.70. The lowest BCUT2D eigenvalue weighted by Crippen LogP contribution is -2.21. The number of aromatic nitrogens is 2. The van der Waals surface area contributed by atoms with Gasteiger partial charge in [-0.1, -0.05) is 11.6 Å². The van der Waals surface area contributed by atoms with Crippen LogP contribution >= 0.6 is 11.6 Å². The van der Waals surface area contributed by atoms with Gasteiger partial charge in [0.05, 0.1) is 26.3 Å². The molecule has 0 unspecified atom stereocenters. The second kappa shape index (κ2) is 7.42. The van der Waals surface area contributed by atoms with Crippen LogP contribution in [0.15, 0.2) is 12.1 Å². The molecule has 1 amide bonds. The van der Waals surface area contributed by atoms with Gasteiger partial charge in [-0.3, -0.25) is 29.7 Å². The van der Waals surface area contributed by atoms with Crippen molar-refractivity contribution in [2.45, 2.75) is 26.6 Å². The lowest BCUT2D eigenvalue weighted by Gasteiger charge is -2.08. The summed E-state index contributed by atoms with van der Waals surface area (Å²) in [7, 11) is 0. The van der Waals surface area contributed by atoms with Crippen molar-refractivity contribution >= 4 is 34.6 Å². The van der Waals surface area contributed by atoms with Gasteiger partial charge in [0.15, 0.2) is 5.69 Å². The number of hydrogen-bond acceptors (Lipinski definition) is 6. The highest BCUT2D eigenvalue weighted by atomic mass is 35.5. The van der Waals surface area contributed by atoms with Gasteiger partial charge in [0.1, 0.15) is 12.1 Å². The van der Waals surface area contributed by atoms with Crippen LogP contribution < -0.4 is 5.32 Å². The third kappa shape index (κ3) is 4.19. The average molecular weight is 422 g/mol. The summed E-state index contributed by atoms with van der Waals surface area (Å²) >= 11 is 5.59. The third-order valence-electron chi connectivity index (χ3n) is 3.73. The van der Waals surface area contributed by atoms with Crippen LogP contribution in [-0.2, 0) is 17.5 Å². The molecule has 28 heavy (non-hydrogen) atoms.